The van der Waals surface area contributed by atoms with Crippen molar-refractivity contribution in [3.05, 3.63) is 34.4 Å². The molecule has 0 aliphatic heterocycles. The van der Waals surface area contributed by atoms with Crippen LogP contribution in [0.15, 0.2) is 29.2 Å². The zero-order valence-corrected chi connectivity index (χ0v) is 15.7. The molecule has 0 unspecified atom stereocenters. The Morgan fingerprint density at radius 2 is 1.81 bits per heavy atom. The molecule has 1 rings (SSSR count). The van der Waals surface area contributed by atoms with Crippen molar-refractivity contribution in [2.24, 2.45) is 0 Å². The van der Waals surface area contributed by atoms with Crippen molar-refractivity contribution in [3.8, 4) is 0 Å². The summed E-state index contributed by atoms with van der Waals surface area (Å²) in [6.45, 7) is 6.27. The zero-order chi connectivity index (χ0) is 19.9. The van der Waals surface area contributed by atoms with Gasteiger partial charge in [0.15, 0.2) is 6.61 Å². The molecule has 0 saturated carbocycles. The van der Waals surface area contributed by atoms with Crippen LogP contribution in [-0.4, -0.2) is 40.2 Å². The van der Waals surface area contributed by atoms with E-state index in [9.17, 15) is 24.5 Å². The number of benzene rings is 1. The summed E-state index contributed by atoms with van der Waals surface area (Å²) in [5.41, 5.74) is -0.550. The lowest BCUT2D eigenvalue weighted by Gasteiger charge is -2.20. The summed E-state index contributed by atoms with van der Waals surface area (Å²) in [6, 6.07) is 5.04. The van der Waals surface area contributed by atoms with E-state index < -0.39 is 40.2 Å². The van der Waals surface area contributed by atoms with Gasteiger partial charge >= 0.3 is 12.0 Å². The summed E-state index contributed by atoms with van der Waals surface area (Å²) in [5, 5.41) is 14.6. The number of nitro groups is 1. The molecule has 0 heterocycles. The molecule has 0 aliphatic rings. The normalized spacial score (nSPS) is 12.0. The Labute approximate surface area is 155 Å². The number of nitro benzene ring substituents is 1. The lowest BCUT2D eigenvalue weighted by Crippen LogP contribution is -2.49. The first-order valence-electron chi connectivity index (χ1n) is 7.67. The van der Waals surface area contributed by atoms with Gasteiger partial charge in [0, 0.05) is 22.6 Å². The van der Waals surface area contributed by atoms with E-state index >= 15 is 0 Å². The fraction of sp³-hybridized carbons (Fsp3) is 0.438. The molecular weight excluding hydrogens is 362 g/mol. The number of amides is 3. The molecule has 26 heavy (non-hydrogen) atoms. The SMILES string of the molecule is C[C@@H](Sc1ccc([N+](=O)[O-])cc1)C(=O)OCC(=O)NC(=O)NC(C)(C)C. The van der Waals surface area contributed by atoms with Gasteiger partial charge in [-0.05, 0) is 39.8 Å². The van der Waals surface area contributed by atoms with Gasteiger partial charge in [0.25, 0.3) is 11.6 Å². The fourth-order valence-electron chi connectivity index (χ4n) is 1.69. The number of rotatable bonds is 6. The van der Waals surface area contributed by atoms with E-state index in [2.05, 4.69) is 10.6 Å². The maximum atomic E-state index is 11.9. The van der Waals surface area contributed by atoms with Crippen LogP contribution in [0.5, 0.6) is 0 Å². The molecule has 1 aromatic carbocycles. The number of esters is 1. The lowest BCUT2D eigenvalue weighted by atomic mass is 10.1. The van der Waals surface area contributed by atoms with E-state index in [1.165, 1.54) is 24.3 Å². The van der Waals surface area contributed by atoms with E-state index in [0.717, 1.165) is 11.8 Å². The minimum atomic E-state index is -0.743. The Bertz CT molecular complexity index is 684. The van der Waals surface area contributed by atoms with Crippen molar-refractivity contribution in [1.82, 2.24) is 10.6 Å². The maximum Gasteiger partial charge on any atom is 0.321 e. The predicted octanol–water partition coefficient (Wildman–Crippen LogP) is 2.24. The van der Waals surface area contributed by atoms with Gasteiger partial charge in [-0.3, -0.25) is 25.0 Å². The van der Waals surface area contributed by atoms with Gasteiger partial charge in [-0.25, -0.2) is 4.79 Å². The van der Waals surface area contributed by atoms with Crippen LogP contribution in [-0.2, 0) is 14.3 Å². The fourth-order valence-corrected chi connectivity index (χ4v) is 2.55. The van der Waals surface area contributed by atoms with Crippen LogP contribution in [0.1, 0.15) is 27.7 Å². The Balaban J connectivity index is 2.43. The number of nitrogens with one attached hydrogen (secondary N) is 2. The molecule has 0 fully saturated rings. The van der Waals surface area contributed by atoms with Crippen molar-refractivity contribution in [1.29, 1.82) is 0 Å². The van der Waals surface area contributed by atoms with Crippen LogP contribution < -0.4 is 10.6 Å². The second-order valence-electron chi connectivity index (χ2n) is 6.37. The summed E-state index contributed by atoms with van der Waals surface area (Å²) in [7, 11) is 0. The highest BCUT2D eigenvalue weighted by Gasteiger charge is 2.20. The molecule has 2 N–H and O–H groups in total. The molecule has 1 aromatic rings. The largest absolute Gasteiger partial charge is 0.455 e. The molecule has 0 radical (unpaired) electrons. The quantitative estimate of drug-likeness (QED) is 0.334. The first kappa shape index (κ1) is 21.4. The monoisotopic (exact) mass is 383 g/mol. The summed E-state index contributed by atoms with van der Waals surface area (Å²) >= 11 is 1.14. The van der Waals surface area contributed by atoms with Crippen molar-refractivity contribution in [3.63, 3.8) is 0 Å². The molecular formula is C16H21N3O6S. The van der Waals surface area contributed by atoms with Crippen molar-refractivity contribution >= 4 is 35.4 Å². The average molecular weight is 383 g/mol. The average Bonchev–Trinajstić information content (AvgIpc) is 2.51. The number of hydrogen-bond donors (Lipinski definition) is 2. The highest BCUT2D eigenvalue weighted by atomic mass is 32.2. The van der Waals surface area contributed by atoms with Gasteiger partial charge < -0.3 is 10.1 Å². The van der Waals surface area contributed by atoms with E-state index in [0.29, 0.717) is 4.90 Å². The van der Waals surface area contributed by atoms with E-state index in [1.807, 2.05) is 0 Å². The second kappa shape index (κ2) is 9.18. The Hall–Kier alpha value is -2.62. The maximum absolute atomic E-state index is 11.9. The zero-order valence-electron chi connectivity index (χ0n) is 14.9. The molecule has 0 aromatic heterocycles. The van der Waals surface area contributed by atoms with Crippen LogP contribution in [0.3, 0.4) is 0 Å². The van der Waals surface area contributed by atoms with Gasteiger partial charge in [-0.15, -0.1) is 11.8 Å². The summed E-state index contributed by atoms with van der Waals surface area (Å²) in [6.07, 6.45) is 0. The number of carbonyl (C=O) groups is 3. The standard InChI is InChI=1S/C16H21N3O6S/c1-10(26-12-7-5-11(6-8-12)19(23)24)14(21)25-9-13(20)17-15(22)18-16(2,3)4/h5-8,10H,9H2,1-4H3,(H2,17,18,20,22)/t10-/m1/s1. The number of carbonyl (C=O) groups excluding carboxylic acids is 3. The Morgan fingerprint density at radius 1 is 1.23 bits per heavy atom. The van der Waals surface area contributed by atoms with Crippen molar-refractivity contribution in [2.75, 3.05) is 6.61 Å². The van der Waals surface area contributed by atoms with E-state index in [1.54, 1.807) is 27.7 Å². The Kier molecular flexibility index (Phi) is 7.56. The summed E-state index contributed by atoms with van der Waals surface area (Å²) in [5.74, 6) is -1.38. The number of urea groups is 1. The van der Waals surface area contributed by atoms with Crippen molar-refractivity contribution in [2.45, 2.75) is 43.4 Å². The molecule has 9 nitrogen and oxygen atoms in total. The number of thioether (sulfide) groups is 1. The molecule has 0 saturated heterocycles. The number of imide groups is 1. The predicted molar refractivity (Wildman–Crippen MR) is 95.8 cm³/mol. The molecule has 0 spiro atoms. The third-order valence-electron chi connectivity index (χ3n) is 2.78. The first-order chi connectivity index (χ1) is 12.0. The van der Waals surface area contributed by atoms with Crippen LogP contribution in [0.25, 0.3) is 0 Å². The van der Waals surface area contributed by atoms with Gasteiger partial charge in [-0.2, -0.15) is 0 Å². The highest BCUT2D eigenvalue weighted by Crippen LogP contribution is 2.25. The van der Waals surface area contributed by atoms with E-state index in [4.69, 9.17) is 4.74 Å². The van der Waals surface area contributed by atoms with Gasteiger partial charge in [0.2, 0.25) is 0 Å². The summed E-state index contributed by atoms with van der Waals surface area (Å²) in [4.78, 5) is 45.8. The lowest BCUT2D eigenvalue weighted by molar-refractivity contribution is -0.384. The van der Waals surface area contributed by atoms with Crippen LogP contribution in [0.4, 0.5) is 10.5 Å². The van der Waals surface area contributed by atoms with Gasteiger partial charge in [0.1, 0.15) is 5.25 Å². The number of hydrogen-bond acceptors (Lipinski definition) is 7. The number of nitrogens with zero attached hydrogens (tertiary/aromatic N) is 1. The van der Waals surface area contributed by atoms with Crippen LogP contribution in [0.2, 0.25) is 0 Å². The van der Waals surface area contributed by atoms with Crippen LogP contribution in [0, 0.1) is 10.1 Å². The van der Waals surface area contributed by atoms with Gasteiger partial charge in [0.05, 0.1) is 4.92 Å². The third kappa shape index (κ3) is 7.97. The molecule has 0 aliphatic carbocycles. The minimum Gasteiger partial charge on any atom is -0.455 e. The van der Waals surface area contributed by atoms with Crippen LogP contribution >= 0.6 is 11.8 Å². The molecule has 142 valence electrons. The van der Waals surface area contributed by atoms with Crippen molar-refractivity contribution < 1.29 is 24.0 Å². The third-order valence-corrected chi connectivity index (χ3v) is 3.87. The molecule has 0 bridgehead atoms. The topological polar surface area (TPSA) is 128 Å². The second-order valence-corrected chi connectivity index (χ2v) is 7.79. The molecule has 3 amide bonds. The molecule has 1 atom stereocenters. The first-order valence-corrected chi connectivity index (χ1v) is 8.55. The number of non-ortho nitro benzene ring substituents is 1. The Morgan fingerprint density at radius 3 is 2.31 bits per heavy atom. The smallest absolute Gasteiger partial charge is 0.321 e. The van der Waals surface area contributed by atoms with Gasteiger partial charge in [-0.1, -0.05) is 0 Å². The number of ether oxygens (including phenoxy) is 1. The highest BCUT2D eigenvalue weighted by molar-refractivity contribution is 8.00. The summed E-state index contributed by atoms with van der Waals surface area (Å²) < 4.78 is 4.87. The minimum absolute atomic E-state index is 0.0465. The van der Waals surface area contributed by atoms with E-state index in [-0.39, 0.29) is 5.69 Å². The molecule has 10 heteroatoms.